The van der Waals surface area contributed by atoms with Crippen LogP contribution in [-0.4, -0.2) is 16.0 Å². The highest BCUT2D eigenvalue weighted by molar-refractivity contribution is 7.33. The van der Waals surface area contributed by atoms with Crippen LogP contribution in [0.2, 0.25) is 0 Å². The number of allylic oxidation sites excluding steroid dienone is 1. The quantitative estimate of drug-likeness (QED) is 0.147. The number of rotatable bonds is 1. The molecule has 0 radical (unpaired) electrons. The van der Waals surface area contributed by atoms with Crippen molar-refractivity contribution in [2.24, 2.45) is 0 Å². The largest absolute Gasteiger partial charge is 0.299 e. The maximum Gasteiger partial charge on any atom is 0.197 e. The fourth-order valence-corrected chi connectivity index (χ4v) is 9.74. The van der Waals surface area contributed by atoms with E-state index >= 15 is 0 Å². The zero-order valence-electron chi connectivity index (χ0n) is 22.7. The van der Waals surface area contributed by atoms with Crippen molar-refractivity contribution >= 4 is 97.9 Å². The number of aromatic nitrogens is 1. The van der Waals surface area contributed by atoms with Crippen LogP contribution in [0.5, 0.6) is 0 Å². The van der Waals surface area contributed by atoms with Gasteiger partial charge in [-0.15, -0.1) is 22.7 Å². The molecule has 4 heterocycles. The Labute approximate surface area is 243 Å². The van der Waals surface area contributed by atoms with Gasteiger partial charge in [0.1, 0.15) is 4.83 Å². The second-order valence-electron chi connectivity index (χ2n) is 12.0. The van der Waals surface area contributed by atoms with E-state index in [0.29, 0.717) is 11.1 Å². The van der Waals surface area contributed by atoms with E-state index < -0.39 is 0 Å². The Hall–Kier alpha value is -4.32. The number of carbonyl (C=O) groups is 2. The van der Waals surface area contributed by atoms with Gasteiger partial charge in [-0.25, -0.2) is 0 Å². The minimum Gasteiger partial charge on any atom is -0.299 e. The molecule has 41 heavy (non-hydrogen) atoms. The van der Waals surface area contributed by atoms with Gasteiger partial charge in [-0.3, -0.25) is 14.0 Å². The molecule has 5 heteroatoms. The molecule has 0 unspecified atom stereocenters. The number of nitrogens with zero attached hydrogens (tertiary/aromatic N) is 1. The Balaban J connectivity index is 1.47. The lowest BCUT2D eigenvalue weighted by atomic mass is 9.90. The number of fused-ring (bicyclic) bond motifs is 9. The van der Waals surface area contributed by atoms with Crippen molar-refractivity contribution in [3.05, 3.63) is 106 Å². The number of carbonyl (C=O) groups excluding carboxylic acids is 2. The summed E-state index contributed by atoms with van der Waals surface area (Å²) in [7, 11) is 0. The fraction of sp³-hybridized carbons (Fsp3) is 0.111. The van der Waals surface area contributed by atoms with Gasteiger partial charge in [0.25, 0.3) is 0 Å². The molecule has 0 spiro atoms. The van der Waals surface area contributed by atoms with Gasteiger partial charge >= 0.3 is 0 Å². The van der Waals surface area contributed by atoms with Crippen LogP contribution in [0.4, 0.5) is 0 Å². The molecule has 4 aromatic carbocycles. The van der Waals surface area contributed by atoms with E-state index in [1.54, 1.807) is 23.5 Å². The van der Waals surface area contributed by atoms with Crippen LogP contribution in [0.15, 0.2) is 84.4 Å². The SMILES string of the molecule is CC(C)(C)c1sc2c(sc3c2c2cccc4ccc5c6ccccc6n3c5c42)c1C=C1C(=O)c2ccccc2C1=O. The molecular formula is C36H23NO2S2. The first-order valence-corrected chi connectivity index (χ1v) is 15.4. The third kappa shape index (κ3) is 2.87. The van der Waals surface area contributed by atoms with Gasteiger partial charge in [0, 0.05) is 43.1 Å². The van der Waals surface area contributed by atoms with Gasteiger partial charge in [-0.2, -0.15) is 0 Å². The van der Waals surface area contributed by atoms with Crippen LogP contribution in [0, 0.1) is 0 Å². The van der Waals surface area contributed by atoms with Crippen molar-refractivity contribution in [1.82, 2.24) is 4.40 Å². The Bertz CT molecular complexity index is 2460. The zero-order chi connectivity index (χ0) is 27.8. The molecule has 3 nitrogen and oxygen atoms in total. The van der Waals surface area contributed by atoms with E-state index in [0.717, 1.165) is 10.3 Å². The summed E-state index contributed by atoms with van der Waals surface area (Å²) in [6.45, 7) is 6.63. The van der Waals surface area contributed by atoms with Crippen molar-refractivity contribution in [3.63, 3.8) is 0 Å². The monoisotopic (exact) mass is 565 g/mol. The van der Waals surface area contributed by atoms with E-state index in [-0.39, 0.29) is 22.6 Å². The number of hydrogen-bond donors (Lipinski definition) is 0. The molecule has 0 bridgehead atoms. The first-order valence-electron chi connectivity index (χ1n) is 13.8. The predicted octanol–water partition coefficient (Wildman–Crippen LogP) is 10.0. The number of thiophene rings is 2. The van der Waals surface area contributed by atoms with Crippen molar-refractivity contribution in [1.29, 1.82) is 0 Å². The zero-order valence-corrected chi connectivity index (χ0v) is 24.3. The molecule has 0 saturated carbocycles. The van der Waals surface area contributed by atoms with E-state index in [1.165, 1.54) is 57.8 Å². The summed E-state index contributed by atoms with van der Waals surface area (Å²) in [4.78, 5) is 29.3. The summed E-state index contributed by atoms with van der Waals surface area (Å²) in [6.07, 6.45) is 1.89. The van der Waals surface area contributed by atoms with E-state index in [1.807, 2.05) is 29.5 Å². The van der Waals surface area contributed by atoms with E-state index in [2.05, 4.69) is 79.8 Å². The Morgan fingerprint density at radius 2 is 1.39 bits per heavy atom. The maximum atomic E-state index is 13.5. The molecule has 0 amide bonds. The van der Waals surface area contributed by atoms with E-state index in [4.69, 9.17) is 0 Å². The number of ketones is 2. The van der Waals surface area contributed by atoms with Crippen LogP contribution in [0.3, 0.4) is 0 Å². The molecule has 0 atom stereocenters. The lowest BCUT2D eigenvalue weighted by Gasteiger charge is -2.18. The number of benzene rings is 4. The van der Waals surface area contributed by atoms with Gasteiger partial charge < -0.3 is 0 Å². The average Bonchev–Trinajstić information content (AvgIpc) is 3.68. The molecule has 196 valence electrons. The third-order valence-corrected chi connectivity index (χ3v) is 11.6. The topological polar surface area (TPSA) is 38.5 Å². The second kappa shape index (κ2) is 7.69. The molecule has 1 aliphatic rings. The number of pyridine rings is 1. The minimum atomic E-state index is -0.179. The highest BCUT2D eigenvalue weighted by Gasteiger charge is 2.34. The van der Waals surface area contributed by atoms with Gasteiger partial charge in [0.15, 0.2) is 11.6 Å². The fourth-order valence-electron chi connectivity index (χ4n) is 6.82. The summed E-state index contributed by atoms with van der Waals surface area (Å²) in [5.74, 6) is -0.358. The van der Waals surface area contributed by atoms with Crippen LogP contribution in [0.1, 0.15) is 51.9 Å². The Morgan fingerprint density at radius 3 is 2.15 bits per heavy atom. The molecule has 0 N–H and O–H groups in total. The second-order valence-corrected chi connectivity index (χ2v) is 14.0. The van der Waals surface area contributed by atoms with Crippen molar-refractivity contribution in [2.75, 3.05) is 0 Å². The number of para-hydroxylation sites is 1. The molecule has 8 aromatic rings. The highest BCUT2D eigenvalue weighted by atomic mass is 32.1. The van der Waals surface area contributed by atoms with Crippen LogP contribution < -0.4 is 0 Å². The smallest absolute Gasteiger partial charge is 0.197 e. The molecular weight excluding hydrogens is 543 g/mol. The van der Waals surface area contributed by atoms with Crippen LogP contribution >= 0.6 is 22.7 Å². The molecule has 0 saturated heterocycles. The Morgan fingerprint density at radius 1 is 0.683 bits per heavy atom. The van der Waals surface area contributed by atoms with Gasteiger partial charge in [-0.1, -0.05) is 93.6 Å². The van der Waals surface area contributed by atoms with Crippen LogP contribution in [-0.2, 0) is 5.41 Å². The molecule has 9 rings (SSSR count). The van der Waals surface area contributed by atoms with Gasteiger partial charge in [-0.05, 0) is 28.3 Å². The summed E-state index contributed by atoms with van der Waals surface area (Å²) in [5.41, 5.74) is 4.57. The summed E-state index contributed by atoms with van der Waals surface area (Å²) in [6, 6.07) is 26.9. The highest BCUT2D eigenvalue weighted by Crippen LogP contribution is 2.52. The normalized spacial score (nSPS) is 14.3. The number of hydrogen-bond acceptors (Lipinski definition) is 4. The molecule has 0 fully saturated rings. The van der Waals surface area contributed by atoms with Crippen LogP contribution in [0.25, 0.3) is 63.7 Å². The Kier molecular flexibility index (Phi) is 4.39. The molecule has 4 aromatic heterocycles. The van der Waals surface area contributed by atoms with Gasteiger partial charge in [0.05, 0.1) is 26.0 Å². The summed E-state index contributed by atoms with van der Waals surface area (Å²) >= 11 is 3.59. The lowest BCUT2D eigenvalue weighted by molar-refractivity contribution is 0.0990. The third-order valence-electron chi connectivity index (χ3n) is 8.56. The first kappa shape index (κ1) is 23.4. The van der Waals surface area contributed by atoms with E-state index in [9.17, 15) is 9.59 Å². The van der Waals surface area contributed by atoms with Crippen molar-refractivity contribution in [2.45, 2.75) is 26.2 Å². The predicted molar refractivity (Wildman–Crippen MR) is 174 cm³/mol. The average molecular weight is 566 g/mol. The summed E-state index contributed by atoms with van der Waals surface area (Å²) < 4.78 is 4.82. The first-order chi connectivity index (χ1) is 19.8. The minimum absolute atomic E-state index is 0.160. The number of Topliss-reactive ketones (excluding diaryl/α,β-unsaturated/α-hetero) is 2. The summed E-state index contributed by atoms with van der Waals surface area (Å²) in [5, 5.41) is 7.55. The molecule has 0 aliphatic heterocycles. The lowest BCUT2D eigenvalue weighted by Crippen LogP contribution is -2.10. The molecule has 1 aliphatic carbocycles. The van der Waals surface area contributed by atoms with Crippen molar-refractivity contribution in [3.8, 4) is 0 Å². The maximum absolute atomic E-state index is 13.5. The standard InChI is InChI=1S/C36H23NO2S2/c1-36(2,3)34-25(17-24-30(38)21-11-4-5-12-22(21)31(24)39)32-33(40-34)28-23-13-8-9-18-15-16-20-19-10-6-7-14-26(19)37(35(28)41-32)29(20)27(18)23/h4-17H,1-3H3. The van der Waals surface area contributed by atoms with Crippen molar-refractivity contribution < 1.29 is 9.59 Å². The van der Waals surface area contributed by atoms with Gasteiger partial charge in [0.2, 0.25) is 0 Å².